The van der Waals surface area contributed by atoms with Crippen molar-refractivity contribution in [1.82, 2.24) is 15.0 Å². The molecule has 1 aliphatic rings. The maximum Gasteiger partial charge on any atom is 0.249 e. The lowest BCUT2D eigenvalue weighted by molar-refractivity contribution is -0.130. The van der Waals surface area contributed by atoms with Crippen LogP contribution in [0.1, 0.15) is 37.3 Å². The van der Waals surface area contributed by atoms with Crippen molar-refractivity contribution in [2.75, 3.05) is 13.7 Å². The second-order valence-electron chi connectivity index (χ2n) is 7.11. The van der Waals surface area contributed by atoms with Gasteiger partial charge in [0.1, 0.15) is 17.7 Å². The molecule has 1 aliphatic heterocycles. The van der Waals surface area contributed by atoms with E-state index in [0.717, 1.165) is 6.07 Å². The molecule has 2 heterocycles. The average molecular weight is 429 g/mol. The molecule has 0 radical (unpaired) electrons. The minimum absolute atomic E-state index is 0.0484. The Morgan fingerprint density at radius 3 is 2.65 bits per heavy atom. The zero-order valence-corrected chi connectivity index (χ0v) is 17.1. The molecule has 0 bridgehead atoms. The number of amides is 1. The Morgan fingerprint density at radius 2 is 1.94 bits per heavy atom. The van der Waals surface area contributed by atoms with Crippen LogP contribution in [-0.4, -0.2) is 34.7 Å². The van der Waals surface area contributed by atoms with Gasteiger partial charge < -0.3 is 18.9 Å². The highest BCUT2D eigenvalue weighted by molar-refractivity contribution is 5.78. The topological polar surface area (TPSA) is 77.7 Å². The normalized spacial score (nSPS) is 16.1. The van der Waals surface area contributed by atoms with Crippen LogP contribution in [0.25, 0.3) is 11.4 Å². The van der Waals surface area contributed by atoms with Crippen LogP contribution in [0.4, 0.5) is 8.78 Å². The van der Waals surface area contributed by atoms with Gasteiger partial charge in [-0.25, -0.2) is 8.78 Å². The second kappa shape index (κ2) is 8.71. The van der Waals surface area contributed by atoms with Crippen molar-refractivity contribution in [1.29, 1.82) is 0 Å². The van der Waals surface area contributed by atoms with Gasteiger partial charge in [-0.05, 0) is 49.2 Å². The molecule has 162 valence electrons. The Balaban J connectivity index is 1.58. The van der Waals surface area contributed by atoms with Crippen LogP contribution in [-0.2, 0) is 11.3 Å². The Kier molecular flexibility index (Phi) is 5.83. The van der Waals surface area contributed by atoms with Gasteiger partial charge in [0, 0.05) is 24.6 Å². The second-order valence-corrected chi connectivity index (χ2v) is 7.11. The molecule has 1 fully saturated rings. The number of methoxy groups -OCH3 is 1. The van der Waals surface area contributed by atoms with Gasteiger partial charge in [0.2, 0.25) is 17.6 Å². The predicted octanol–water partition coefficient (Wildman–Crippen LogP) is 4.29. The van der Waals surface area contributed by atoms with E-state index in [1.807, 2.05) is 6.92 Å². The Hall–Kier alpha value is -3.49. The molecule has 1 unspecified atom stereocenters. The minimum atomic E-state index is -0.692. The summed E-state index contributed by atoms with van der Waals surface area (Å²) in [4.78, 5) is 18.4. The third kappa shape index (κ3) is 4.35. The Labute approximate surface area is 177 Å². The van der Waals surface area contributed by atoms with Gasteiger partial charge in [-0.2, -0.15) is 4.98 Å². The molecule has 0 aliphatic carbocycles. The molecule has 1 atom stereocenters. The fourth-order valence-corrected chi connectivity index (χ4v) is 3.66. The van der Waals surface area contributed by atoms with E-state index in [2.05, 4.69) is 10.1 Å². The van der Waals surface area contributed by atoms with Crippen molar-refractivity contribution in [3.63, 3.8) is 0 Å². The molecular formula is C22H21F2N3O4. The van der Waals surface area contributed by atoms with Crippen LogP contribution in [0.5, 0.6) is 11.5 Å². The van der Waals surface area contributed by atoms with Crippen molar-refractivity contribution in [2.24, 2.45) is 0 Å². The summed E-state index contributed by atoms with van der Waals surface area (Å²) in [6, 6.07) is 8.03. The standard InChI is InChI=1S/C22H21F2N3O4/c1-3-30-18-6-4-14(10-19(18)29-2)21-25-22(31-26-21)17-5-7-20(28)27(17)12-13-8-15(23)11-16(24)9-13/h4,6,8-11,17H,3,5,7,12H2,1-2H3. The summed E-state index contributed by atoms with van der Waals surface area (Å²) in [6.07, 6.45) is 0.766. The summed E-state index contributed by atoms with van der Waals surface area (Å²) in [5.74, 6) is 0.226. The number of nitrogens with zero attached hydrogens (tertiary/aromatic N) is 3. The van der Waals surface area contributed by atoms with Crippen LogP contribution in [0.3, 0.4) is 0 Å². The van der Waals surface area contributed by atoms with Crippen LogP contribution >= 0.6 is 0 Å². The number of benzene rings is 2. The molecule has 0 N–H and O–H groups in total. The number of likely N-dealkylation sites (tertiary alicyclic amines) is 1. The number of rotatable bonds is 7. The summed E-state index contributed by atoms with van der Waals surface area (Å²) in [6.45, 7) is 2.43. The molecule has 3 aromatic rings. The SMILES string of the molecule is CCOc1ccc(-c2noc(C3CCC(=O)N3Cc3cc(F)cc(F)c3)n2)cc1OC. The number of hydrogen-bond acceptors (Lipinski definition) is 6. The van der Waals surface area contributed by atoms with Gasteiger partial charge in [-0.3, -0.25) is 4.79 Å². The number of carbonyl (C=O) groups excluding carboxylic acids is 1. The zero-order chi connectivity index (χ0) is 22.0. The third-order valence-electron chi connectivity index (χ3n) is 5.05. The van der Waals surface area contributed by atoms with E-state index in [9.17, 15) is 13.6 Å². The molecule has 4 rings (SSSR count). The minimum Gasteiger partial charge on any atom is -0.493 e. The van der Waals surface area contributed by atoms with Crippen LogP contribution in [0, 0.1) is 11.6 Å². The van der Waals surface area contributed by atoms with E-state index in [-0.39, 0.29) is 24.8 Å². The first-order valence-electron chi connectivity index (χ1n) is 9.87. The van der Waals surface area contributed by atoms with Gasteiger partial charge in [0.25, 0.3) is 0 Å². The fourth-order valence-electron chi connectivity index (χ4n) is 3.66. The molecule has 9 heteroatoms. The monoisotopic (exact) mass is 429 g/mol. The number of halogens is 2. The first-order valence-corrected chi connectivity index (χ1v) is 9.87. The lowest BCUT2D eigenvalue weighted by Gasteiger charge is -2.22. The first kappa shape index (κ1) is 20.8. The Morgan fingerprint density at radius 1 is 1.16 bits per heavy atom. The van der Waals surface area contributed by atoms with Crippen molar-refractivity contribution in [3.05, 3.63) is 59.5 Å². The highest BCUT2D eigenvalue weighted by atomic mass is 19.1. The predicted molar refractivity (Wildman–Crippen MR) is 106 cm³/mol. The van der Waals surface area contributed by atoms with Crippen molar-refractivity contribution in [3.8, 4) is 22.9 Å². The van der Waals surface area contributed by atoms with E-state index < -0.39 is 17.7 Å². The summed E-state index contributed by atoms with van der Waals surface area (Å²) in [7, 11) is 1.54. The van der Waals surface area contributed by atoms with Gasteiger partial charge >= 0.3 is 0 Å². The number of hydrogen-bond donors (Lipinski definition) is 0. The lowest BCUT2D eigenvalue weighted by atomic mass is 10.1. The average Bonchev–Trinajstić information content (AvgIpc) is 3.35. The number of carbonyl (C=O) groups is 1. The quantitative estimate of drug-likeness (QED) is 0.558. The number of ether oxygens (including phenoxy) is 2. The molecule has 1 amide bonds. The molecule has 7 nitrogen and oxygen atoms in total. The maximum atomic E-state index is 13.5. The third-order valence-corrected chi connectivity index (χ3v) is 5.05. The molecule has 31 heavy (non-hydrogen) atoms. The van der Waals surface area contributed by atoms with Crippen LogP contribution in [0.15, 0.2) is 40.9 Å². The van der Waals surface area contributed by atoms with Gasteiger partial charge in [0.15, 0.2) is 11.5 Å². The van der Waals surface area contributed by atoms with Gasteiger partial charge in [-0.1, -0.05) is 5.16 Å². The maximum absolute atomic E-state index is 13.5. The van der Waals surface area contributed by atoms with E-state index in [0.29, 0.717) is 41.5 Å². The summed E-state index contributed by atoms with van der Waals surface area (Å²) in [5, 5.41) is 4.04. The summed E-state index contributed by atoms with van der Waals surface area (Å²) >= 11 is 0. The van der Waals surface area contributed by atoms with Crippen LogP contribution < -0.4 is 9.47 Å². The van der Waals surface area contributed by atoms with E-state index in [1.165, 1.54) is 17.0 Å². The molecule has 0 spiro atoms. The first-order chi connectivity index (χ1) is 15.0. The highest BCUT2D eigenvalue weighted by Crippen LogP contribution is 2.36. The molecule has 1 saturated heterocycles. The van der Waals surface area contributed by atoms with E-state index in [4.69, 9.17) is 14.0 Å². The van der Waals surface area contributed by atoms with E-state index >= 15 is 0 Å². The largest absolute Gasteiger partial charge is 0.493 e. The van der Waals surface area contributed by atoms with Crippen molar-refractivity contribution in [2.45, 2.75) is 32.4 Å². The summed E-state index contributed by atoms with van der Waals surface area (Å²) in [5.41, 5.74) is 1.02. The van der Waals surface area contributed by atoms with Crippen LogP contribution in [0.2, 0.25) is 0 Å². The zero-order valence-electron chi connectivity index (χ0n) is 17.1. The van der Waals surface area contributed by atoms with Crippen molar-refractivity contribution >= 4 is 5.91 Å². The van der Waals surface area contributed by atoms with Crippen molar-refractivity contribution < 1.29 is 27.6 Å². The Bertz CT molecular complexity index is 1080. The smallest absolute Gasteiger partial charge is 0.249 e. The lowest BCUT2D eigenvalue weighted by Crippen LogP contribution is -2.27. The molecular weight excluding hydrogens is 408 g/mol. The highest BCUT2D eigenvalue weighted by Gasteiger charge is 2.36. The van der Waals surface area contributed by atoms with Gasteiger partial charge in [-0.15, -0.1) is 0 Å². The molecule has 2 aromatic carbocycles. The summed E-state index contributed by atoms with van der Waals surface area (Å²) < 4.78 is 43.4. The number of aromatic nitrogens is 2. The molecule has 0 saturated carbocycles. The van der Waals surface area contributed by atoms with E-state index in [1.54, 1.807) is 25.3 Å². The molecule has 1 aromatic heterocycles. The fraction of sp³-hybridized carbons (Fsp3) is 0.318. The van der Waals surface area contributed by atoms with Gasteiger partial charge in [0.05, 0.1) is 13.7 Å².